The summed E-state index contributed by atoms with van der Waals surface area (Å²) in [6.07, 6.45) is 0. The van der Waals surface area contributed by atoms with E-state index in [0.717, 1.165) is 4.47 Å². The Hall–Kier alpha value is -3.13. The van der Waals surface area contributed by atoms with E-state index < -0.39 is 5.97 Å². The van der Waals surface area contributed by atoms with Gasteiger partial charge in [-0.1, -0.05) is 22.0 Å². The summed E-state index contributed by atoms with van der Waals surface area (Å²) in [5.74, 6) is -1.18. The number of carboxylic acids is 1. The van der Waals surface area contributed by atoms with Gasteiger partial charge in [0.1, 0.15) is 5.69 Å². The van der Waals surface area contributed by atoms with Gasteiger partial charge in [-0.15, -0.1) is 4.91 Å². The Labute approximate surface area is 148 Å². The lowest BCUT2D eigenvalue weighted by Crippen LogP contribution is -1.94. The van der Waals surface area contributed by atoms with Gasteiger partial charge in [-0.25, -0.2) is 4.79 Å². The fourth-order valence-electron chi connectivity index (χ4n) is 3.00. The lowest BCUT2D eigenvalue weighted by molar-refractivity contribution is 0.0697. The predicted octanol–water partition coefficient (Wildman–Crippen LogP) is 4.88. The third-order valence-corrected chi connectivity index (χ3v) is 4.59. The first kappa shape index (κ1) is 15.4. The number of carbonyl (C=O) groups is 1. The second-order valence-corrected chi connectivity index (χ2v) is 6.46. The van der Waals surface area contributed by atoms with Crippen molar-refractivity contribution in [2.45, 2.75) is 0 Å². The molecule has 25 heavy (non-hydrogen) atoms. The van der Waals surface area contributed by atoms with Gasteiger partial charge in [-0.3, -0.25) is 0 Å². The van der Waals surface area contributed by atoms with Gasteiger partial charge in [0, 0.05) is 20.8 Å². The zero-order valence-corrected chi connectivity index (χ0v) is 14.1. The summed E-state index contributed by atoms with van der Waals surface area (Å²) in [4.78, 5) is 28.5. The topological polar surface area (TPSA) is 119 Å². The molecule has 2 aromatic carbocycles. The van der Waals surface area contributed by atoms with Crippen LogP contribution in [-0.2, 0) is 0 Å². The Balaban J connectivity index is 2.05. The number of benzene rings is 2. The number of carboxylic acid groups (broad SMARTS) is 1. The van der Waals surface area contributed by atoms with Crippen LogP contribution in [0.4, 0.5) is 5.69 Å². The summed E-state index contributed by atoms with van der Waals surface area (Å²) < 4.78 is 0.837. The number of hydrogen-bond acceptors (Lipinski definition) is 4. The molecule has 4 N–H and O–H groups in total. The van der Waals surface area contributed by atoms with Crippen molar-refractivity contribution in [3.63, 3.8) is 0 Å². The number of nitrogens with one attached hydrogen (secondary N) is 2. The van der Waals surface area contributed by atoms with Crippen LogP contribution >= 0.6 is 15.9 Å². The summed E-state index contributed by atoms with van der Waals surface area (Å²) in [5, 5.41) is 23.7. The van der Waals surface area contributed by atoms with E-state index in [0.29, 0.717) is 33.1 Å². The highest BCUT2D eigenvalue weighted by Gasteiger charge is 2.21. The number of aromatic carboxylic acids is 1. The monoisotopic (exact) mass is 399 g/mol. The zero-order valence-electron chi connectivity index (χ0n) is 12.5. The Kier molecular flexibility index (Phi) is 3.36. The van der Waals surface area contributed by atoms with Gasteiger partial charge >= 0.3 is 5.97 Å². The molecule has 124 valence electrons. The van der Waals surface area contributed by atoms with Gasteiger partial charge in [0.15, 0.2) is 5.88 Å². The number of rotatable bonds is 3. The van der Waals surface area contributed by atoms with E-state index in [4.69, 9.17) is 5.11 Å². The van der Waals surface area contributed by atoms with Crippen molar-refractivity contribution in [2.75, 3.05) is 0 Å². The molecule has 0 radical (unpaired) electrons. The van der Waals surface area contributed by atoms with Crippen LogP contribution in [0.15, 0.2) is 46.0 Å². The van der Waals surface area contributed by atoms with Crippen molar-refractivity contribution in [3.05, 3.63) is 51.3 Å². The average Bonchev–Trinajstić information content (AvgIpc) is 3.09. The highest BCUT2D eigenvalue weighted by molar-refractivity contribution is 9.10. The maximum atomic E-state index is 11.4. The molecule has 0 aliphatic rings. The SMILES string of the molecule is O=Nc1c(-c2c(O)[nH]c3cc(Br)ccc23)[nH]c2cc(C(=O)O)ccc12. The minimum atomic E-state index is -1.07. The first-order valence-electron chi connectivity index (χ1n) is 7.22. The van der Waals surface area contributed by atoms with E-state index in [9.17, 15) is 14.8 Å². The lowest BCUT2D eigenvalue weighted by Gasteiger charge is -1.99. The Bertz CT molecular complexity index is 1180. The molecule has 0 bridgehead atoms. The number of nitrogens with zero attached hydrogens (tertiary/aromatic N) is 1. The normalized spacial score (nSPS) is 11.2. The molecule has 0 saturated carbocycles. The maximum Gasteiger partial charge on any atom is 0.335 e. The second-order valence-electron chi connectivity index (χ2n) is 5.54. The number of H-pyrrole nitrogens is 2. The number of halogens is 1. The van der Waals surface area contributed by atoms with E-state index in [1.54, 1.807) is 12.1 Å². The molecule has 2 heterocycles. The van der Waals surface area contributed by atoms with Crippen molar-refractivity contribution >= 4 is 49.4 Å². The van der Waals surface area contributed by atoms with Crippen LogP contribution in [0.3, 0.4) is 0 Å². The molecule has 7 nitrogen and oxygen atoms in total. The van der Waals surface area contributed by atoms with E-state index in [2.05, 4.69) is 31.1 Å². The molecule has 0 saturated heterocycles. The molecule has 0 spiro atoms. The summed E-state index contributed by atoms with van der Waals surface area (Å²) in [6, 6.07) is 9.78. The van der Waals surface area contributed by atoms with Crippen LogP contribution in [0, 0.1) is 4.91 Å². The van der Waals surface area contributed by atoms with E-state index in [-0.39, 0.29) is 17.1 Å². The minimum absolute atomic E-state index is 0.0878. The molecule has 0 unspecified atom stereocenters. The average molecular weight is 400 g/mol. The zero-order chi connectivity index (χ0) is 17.7. The summed E-state index contributed by atoms with van der Waals surface area (Å²) >= 11 is 3.37. The van der Waals surface area contributed by atoms with Gasteiger partial charge in [0.2, 0.25) is 0 Å². The van der Waals surface area contributed by atoms with Crippen LogP contribution in [0.5, 0.6) is 5.88 Å². The minimum Gasteiger partial charge on any atom is -0.494 e. The molecule has 0 aliphatic carbocycles. The quantitative estimate of drug-likeness (QED) is 0.367. The highest BCUT2D eigenvalue weighted by atomic mass is 79.9. The molecule has 0 aliphatic heterocycles. The van der Waals surface area contributed by atoms with E-state index in [1.807, 2.05) is 6.07 Å². The van der Waals surface area contributed by atoms with Crippen LogP contribution < -0.4 is 0 Å². The third-order valence-electron chi connectivity index (χ3n) is 4.10. The number of aromatic amines is 2. The number of nitroso groups, excluding NO2 is 1. The van der Waals surface area contributed by atoms with Gasteiger partial charge in [0.05, 0.1) is 22.3 Å². The lowest BCUT2D eigenvalue weighted by atomic mass is 10.1. The summed E-state index contributed by atoms with van der Waals surface area (Å²) in [5.41, 5.74) is 2.08. The van der Waals surface area contributed by atoms with E-state index >= 15 is 0 Å². The first-order valence-corrected chi connectivity index (χ1v) is 8.02. The number of hydrogen-bond donors (Lipinski definition) is 4. The summed E-state index contributed by atoms with van der Waals surface area (Å²) in [6.45, 7) is 0. The number of aromatic hydroxyl groups is 1. The van der Waals surface area contributed by atoms with Crippen LogP contribution in [0.25, 0.3) is 33.1 Å². The van der Waals surface area contributed by atoms with Gasteiger partial charge in [-0.05, 0) is 35.5 Å². The van der Waals surface area contributed by atoms with Crippen molar-refractivity contribution in [1.82, 2.24) is 9.97 Å². The predicted molar refractivity (Wildman–Crippen MR) is 97.4 cm³/mol. The van der Waals surface area contributed by atoms with Gasteiger partial charge in [-0.2, -0.15) is 0 Å². The first-order chi connectivity index (χ1) is 12.0. The number of aromatic nitrogens is 2. The van der Waals surface area contributed by atoms with Crippen LogP contribution in [0.1, 0.15) is 10.4 Å². The van der Waals surface area contributed by atoms with Gasteiger partial charge in [0.25, 0.3) is 0 Å². The van der Waals surface area contributed by atoms with Crippen LogP contribution in [0.2, 0.25) is 0 Å². The van der Waals surface area contributed by atoms with Crippen LogP contribution in [-0.4, -0.2) is 26.2 Å². The molecule has 8 heteroatoms. The van der Waals surface area contributed by atoms with Crippen molar-refractivity contribution in [2.24, 2.45) is 5.18 Å². The van der Waals surface area contributed by atoms with Crippen molar-refractivity contribution in [3.8, 4) is 17.1 Å². The number of fused-ring (bicyclic) bond motifs is 2. The molecular formula is C17H10BrN3O4. The Morgan fingerprint density at radius 2 is 1.76 bits per heavy atom. The molecular weight excluding hydrogens is 390 g/mol. The maximum absolute atomic E-state index is 11.4. The fraction of sp³-hybridized carbons (Fsp3) is 0. The molecule has 0 atom stereocenters. The standard InChI is InChI=1S/C17H10BrN3O4/c18-8-2-4-9-12(6-8)20-16(22)13(9)15-14(21-25)10-3-1-7(17(23)24)5-11(10)19-15/h1-6,19-20,22H,(H,23,24). The molecule has 0 amide bonds. The second kappa shape index (κ2) is 5.45. The molecule has 4 rings (SSSR count). The van der Waals surface area contributed by atoms with Crippen molar-refractivity contribution in [1.29, 1.82) is 0 Å². The van der Waals surface area contributed by atoms with Gasteiger partial charge < -0.3 is 20.2 Å². The van der Waals surface area contributed by atoms with E-state index in [1.165, 1.54) is 18.2 Å². The fourth-order valence-corrected chi connectivity index (χ4v) is 3.36. The Morgan fingerprint density at radius 3 is 2.48 bits per heavy atom. The molecule has 2 aromatic heterocycles. The molecule has 4 aromatic rings. The highest BCUT2D eigenvalue weighted by Crippen LogP contribution is 2.44. The smallest absolute Gasteiger partial charge is 0.335 e. The molecule has 0 fully saturated rings. The Morgan fingerprint density at radius 1 is 1.04 bits per heavy atom. The third kappa shape index (κ3) is 2.30. The largest absolute Gasteiger partial charge is 0.494 e. The van der Waals surface area contributed by atoms with Crippen molar-refractivity contribution < 1.29 is 15.0 Å². The summed E-state index contributed by atoms with van der Waals surface area (Å²) in [7, 11) is 0.